The summed E-state index contributed by atoms with van der Waals surface area (Å²) >= 11 is 4.83. The van der Waals surface area contributed by atoms with Crippen LogP contribution < -0.4 is 0 Å². The molecule has 0 aliphatic carbocycles. The fraction of sp³-hybridized carbons (Fsp3) is 0.800. The SMILES string of the molecule is CCCCn1nnnc1[S]. The van der Waals surface area contributed by atoms with Gasteiger partial charge in [-0.05, 0) is 29.5 Å². The van der Waals surface area contributed by atoms with Gasteiger partial charge in [-0.2, -0.15) is 0 Å². The Kier molecular flexibility index (Phi) is 2.56. The molecule has 0 unspecified atom stereocenters. The van der Waals surface area contributed by atoms with Crippen LogP contribution in [0.5, 0.6) is 0 Å². The molecule has 55 valence electrons. The Morgan fingerprint density at radius 1 is 1.60 bits per heavy atom. The van der Waals surface area contributed by atoms with E-state index in [0.29, 0.717) is 5.16 Å². The summed E-state index contributed by atoms with van der Waals surface area (Å²) in [6.07, 6.45) is 2.21. The van der Waals surface area contributed by atoms with Crippen molar-refractivity contribution in [1.82, 2.24) is 20.2 Å². The van der Waals surface area contributed by atoms with Gasteiger partial charge in [0.1, 0.15) is 0 Å². The Balaban J connectivity index is 2.49. The van der Waals surface area contributed by atoms with Crippen molar-refractivity contribution in [2.75, 3.05) is 0 Å². The molecule has 0 spiro atoms. The minimum absolute atomic E-state index is 0.480. The van der Waals surface area contributed by atoms with Gasteiger partial charge in [0, 0.05) is 6.54 Å². The molecule has 1 rings (SSSR count). The predicted molar refractivity (Wildman–Crippen MR) is 38.6 cm³/mol. The molecule has 0 amide bonds. The van der Waals surface area contributed by atoms with Crippen LogP contribution in [-0.2, 0) is 6.54 Å². The zero-order valence-electron chi connectivity index (χ0n) is 5.82. The summed E-state index contributed by atoms with van der Waals surface area (Å²) in [5, 5.41) is 11.2. The number of hydrogen-bond donors (Lipinski definition) is 0. The third kappa shape index (κ3) is 1.63. The zero-order valence-corrected chi connectivity index (χ0v) is 6.63. The molecule has 0 bridgehead atoms. The van der Waals surface area contributed by atoms with Crippen LogP contribution in [0.15, 0.2) is 5.16 Å². The first kappa shape index (κ1) is 7.40. The molecule has 4 nitrogen and oxygen atoms in total. The molecule has 0 saturated carbocycles. The number of tetrazole rings is 1. The summed E-state index contributed by atoms with van der Waals surface area (Å²) in [5.74, 6) is 0. The van der Waals surface area contributed by atoms with Crippen molar-refractivity contribution in [3.05, 3.63) is 0 Å². The average molecular weight is 157 g/mol. The molecule has 1 radical (unpaired) electrons. The third-order valence-corrected chi connectivity index (χ3v) is 1.51. The fourth-order valence-electron chi connectivity index (χ4n) is 0.645. The first-order valence-corrected chi connectivity index (χ1v) is 3.68. The minimum atomic E-state index is 0.480. The normalized spacial score (nSPS) is 10.1. The molecule has 0 aliphatic rings. The van der Waals surface area contributed by atoms with Gasteiger partial charge in [0.15, 0.2) is 0 Å². The molecule has 0 atom stereocenters. The van der Waals surface area contributed by atoms with E-state index in [1.165, 1.54) is 0 Å². The third-order valence-electron chi connectivity index (χ3n) is 1.22. The fourth-order valence-corrected chi connectivity index (χ4v) is 0.809. The van der Waals surface area contributed by atoms with Crippen molar-refractivity contribution in [3.8, 4) is 0 Å². The van der Waals surface area contributed by atoms with Gasteiger partial charge >= 0.3 is 0 Å². The smallest absolute Gasteiger partial charge is 0.217 e. The van der Waals surface area contributed by atoms with Gasteiger partial charge in [-0.3, -0.25) is 0 Å². The van der Waals surface area contributed by atoms with E-state index in [1.54, 1.807) is 4.68 Å². The summed E-state index contributed by atoms with van der Waals surface area (Å²) in [6, 6.07) is 0. The Morgan fingerprint density at radius 3 is 2.90 bits per heavy atom. The molecule has 0 saturated heterocycles. The van der Waals surface area contributed by atoms with Crippen LogP contribution in [0, 0.1) is 0 Å². The maximum absolute atomic E-state index is 4.83. The van der Waals surface area contributed by atoms with Gasteiger partial charge < -0.3 is 0 Å². The van der Waals surface area contributed by atoms with E-state index in [4.69, 9.17) is 12.6 Å². The van der Waals surface area contributed by atoms with Crippen LogP contribution in [0.3, 0.4) is 0 Å². The summed E-state index contributed by atoms with van der Waals surface area (Å²) in [7, 11) is 0. The van der Waals surface area contributed by atoms with Gasteiger partial charge in [0.25, 0.3) is 0 Å². The second kappa shape index (κ2) is 3.46. The molecular weight excluding hydrogens is 148 g/mol. The molecule has 0 N–H and O–H groups in total. The Morgan fingerprint density at radius 2 is 2.40 bits per heavy atom. The number of unbranched alkanes of at least 4 members (excludes halogenated alkanes) is 1. The van der Waals surface area contributed by atoms with Crippen molar-refractivity contribution in [2.45, 2.75) is 31.5 Å². The van der Waals surface area contributed by atoms with Crippen LogP contribution in [-0.4, -0.2) is 20.2 Å². The van der Waals surface area contributed by atoms with Gasteiger partial charge in [0.05, 0.1) is 0 Å². The summed E-state index contributed by atoms with van der Waals surface area (Å²) in [5.41, 5.74) is 0. The summed E-state index contributed by atoms with van der Waals surface area (Å²) in [6.45, 7) is 2.95. The Labute approximate surface area is 65.0 Å². The highest BCUT2D eigenvalue weighted by molar-refractivity contribution is 7.80. The second-order valence-corrected chi connectivity index (χ2v) is 2.40. The van der Waals surface area contributed by atoms with E-state index in [1.807, 2.05) is 0 Å². The van der Waals surface area contributed by atoms with Crippen molar-refractivity contribution in [1.29, 1.82) is 0 Å². The van der Waals surface area contributed by atoms with Crippen LogP contribution in [0.2, 0.25) is 0 Å². The molecule has 0 aliphatic heterocycles. The first-order chi connectivity index (χ1) is 4.84. The molecule has 0 aromatic carbocycles. The lowest BCUT2D eigenvalue weighted by Crippen LogP contribution is -2.00. The van der Waals surface area contributed by atoms with E-state index in [9.17, 15) is 0 Å². The topological polar surface area (TPSA) is 43.6 Å². The van der Waals surface area contributed by atoms with Gasteiger partial charge in [0.2, 0.25) is 5.16 Å². The van der Waals surface area contributed by atoms with Gasteiger partial charge in [-0.15, -0.1) is 0 Å². The number of rotatable bonds is 3. The second-order valence-electron chi connectivity index (χ2n) is 2.04. The van der Waals surface area contributed by atoms with E-state index < -0.39 is 0 Å². The highest BCUT2D eigenvalue weighted by Crippen LogP contribution is 1.99. The van der Waals surface area contributed by atoms with Crippen molar-refractivity contribution >= 4 is 12.6 Å². The Bertz CT molecular complexity index is 197. The van der Waals surface area contributed by atoms with E-state index in [2.05, 4.69) is 22.4 Å². The standard InChI is InChI=1S/C5H9N4S/c1-2-3-4-9-5(10)6-7-8-9/h2-4H2,1H3. The lowest BCUT2D eigenvalue weighted by molar-refractivity contribution is 0.519. The van der Waals surface area contributed by atoms with Crippen molar-refractivity contribution in [2.24, 2.45) is 0 Å². The predicted octanol–water partition coefficient (Wildman–Crippen LogP) is 1.03. The quantitative estimate of drug-likeness (QED) is 0.658. The van der Waals surface area contributed by atoms with Gasteiger partial charge in [-0.1, -0.05) is 18.4 Å². The van der Waals surface area contributed by atoms with Crippen LogP contribution in [0.4, 0.5) is 0 Å². The minimum Gasteiger partial charge on any atom is -0.217 e. The van der Waals surface area contributed by atoms with E-state index >= 15 is 0 Å². The first-order valence-electron chi connectivity index (χ1n) is 3.27. The van der Waals surface area contributed by atoms with E-state index in [-0.39, 0.29) is 0 Å². The molecule has 1 aromatic rings. The van der Waals surface area contributed by atoms with Crippen LogP contribution >= 0.6 is 12.6 Å². The largest absolute Gasteiger partial charge is 0.240 e. The Hall–Kier alpha value is -0.710. The highest BCUT2D eigenvalue weighted by atomic mass is 32.1. The van der Waals surface area contributed by atoms with E-state index in [0.717, 1.165) is 19.4 Å². The molecule has 0 fully saturated rings. The van der Waals surface area contributed by atoms with Crippen molar-refractivity contribution in [3.63, 3.8) is 0 Å². The number of nitrogens with zero attached hydrogens (tertiary/aromatic N) is 4. The molecule has 10 heavy (non-hydrogen) atoms. The lowest BCUT2D eigenvalue weighted by atomic mass is 10.3. The zero-order chi connectivity index (χ0) is 7.40. The number of hydrogen-bond acceptors (Lipinski definition) is 3. The maximum Gasteiger partial charge on any atom is 0.240 e. The average Bonchev–Trinajstić information content (AvgIpc) is 2.31. The maximum atomic E-state index is 4.83. The van der Waals surface area contributed by atoms with Gasteiger partial charge in [-0.25, -0.2) is 4.68 Å². The van der Waals surface area contributed by atoms with Crippen LogP contribution in [0.25, 0.3) is 0 Å². The van der Waals surface area contributed by atoms with Crippen molar-refractivity contribution < 1.29 is 0 Å². The monoisotopic (exact) mass is 157 g/mol. The molecular formula is C5H9N4S. The lowest BCUT2D eigenvalue weighted by Gasteiger charge is -1.95. The highest BCUT2D eigenvalue weighted by Gasteiger charge is 1.98. The summed E-state index contributed by atoms with van der Waals surface area (Å²) in [4.78, 5) is 0. The number of aryl methyl sites for hydroxylation is 1. The summed E-state index contributed by atoms with van der Waals surface area (Å²) < 4.78 is 1.64. The molecule has 5 heteroatoms. The van der Waals surface area contributed by atoms with Crippen LogP contribution in [0.1, 0.15) is 19.8 Å². The number of aromatic nitrogens is 4. The molecule has 1 aromatic heterocycles. The molecule has 1 heterocycles.